The summed E-state index contributed by atoms with van der Waals surface area (Å²) in [6.45, 7) is 5.18. The van der Waals surface area contributed by atoms with Crippen LogP contribution in [0.15, 0.2) is 23.8 Å². The third-order valence-corrected chi connectivity index (χ3v) is 5.25. The highest BCUT2D eigenvalue weighted by atomic mass is 32.1. The van der Waals surface area contributed by atoms with Gasteiger partial charge < -0.3 is 9.47 Å². The van der Waals surface area contributed by atoms with Crippen molar-refractivity contribution in [1.29, 1.82) is 0 Å². The molecule has 0 fully saturated rings. The summed E-state index contributed by atoms with van der Waals surface area (Å²) >= 11 is 1.61. The maximum Gasteiger partial charge on any atom is 0.162 e. The lowest BCUT2D eigenvalue weighted by atomic mass is 9.77. The third-order valence-electron chi connectivity index (χ3n) is 4.49. The molecule has 0 radical (unpaired) electrons. The molecule has 3 nitrogen and oxygen atoms in total. The smallest absolute Gasteiger partial charge is 0.162 e. The number of aromatic nitrogens is 1. The van der Waals surface area contributed by atoms with Crippen molar-refractivity contribution >= 4 is 11.3 Å². The van der Waals surface area contributed by atoms with E-state index in [0.29, 0.717) is 12.5 Å². The fourth-order valence-corrected chi connectivity index (χ4v) is 3.44. The van der Waals surface area contributed by atoms with Gasteiger partial charge in [0.05, 0.1) is 17.5 Å². The number of hydrogen-bond acceptors (Lipinski definition) is 4. The lowest BCUT2D eigenvalue weighted by Crippen LogP contribution is -2.16. The van der Waals surface area contributed by atoms with Gasteiger partial charge in [-0.3, -0.25) is 4.98 Å². The minimum Gasteiger partial charge on any atom is -0.493 e. The first-order chi connectivity index (χ1) is 10.2. The average Bonchev–Trinajstić information content (AvgIpc) is 3.01. The van der Waals surface area contributed by atoms with E-state index in [1.165, 1.54) is 17.5 Å². The molecule has 1 aliphatic carbocycles. The van der Waals surface area contributed by atoms with Gasteiger partial charge in [0, 0.05) is 6.20 Å². The van der Waals surface area contributed by atoms with Gasteiger partial charge in [0.25, 0.3) is 0 Å². The van der Waals surface area contributed by atoms with Crippen LogP contribution in [0.2, 0.25) is 0 Å². The Morgan fingerprint density at radius 2 is 2.14 bits per heavy atom. The predicted molar refractivity (Wildman–Crippen MR) is 85.3 cm³/mol. The Morgan fingerprint density at radius 3 is 2.86 bits per heavy atom. The van der Waals surface area contributed by atoms with Gasteiger partial charge in [-0.25, -0.2) is 0 Å². The Labute approximate surface area is 129 Å². The zero-order valence-electron chi connectivity index (χ0n) is 12.8. The SMILES string of the molecule is COc1cc2c(cc1OCc1cncs1)CCC(C)C2C. The molecule has 0 N–H and O–H groups in total. The first-order valence-electron chi connectivity index (χ1n) is 7.40. The molecule has 0 saturated heterocycles. The molecule has 0 saturated carbocycles. The van der Waals surface area contributed by atoms with E-state index in [2.05, 4.69) is 31.0 Å². The van der Waals surface area contributed by atoms with Crippen LogP contribution < -0.4 is 9.47 Å². The van der Waals surface area contributed by atoms with E-state index in [1.807, 2.05) is 11.7 Å². The van der Waals surface area contributed by atoms with Crippen LogP contribution in [0.25, 0.3) is 0 Å². The molecule has 1 aliphatic rings. The number of aryl methyl sites for hydroxylation is 1. The van der Waals surface area contributed by atoms with Gasteiger partial charge in [0.1, 0.15) is 6.61 Å². The van der Waals surface area contributed by atoms with Crippen molar-refractivity contribution in [2.24, 2.45) is 5.92 Å². The van der Waals surface area contributed by atoms with Crippen molar-refractivity contribution in [3.63, 3.8) is 0 Å². The molecule has 0 amide bonds. The second-order valence-electron chi connectivity index (χ2n) is 5.76. The number of methoxy groups -OCH3 is 1. The van der Waals surface area contributed by atoms with Crippen LogP contribution >= 0.6 is 11.3 Å². The average molecular weight is 303 g/mol. The Morgan fingerprint density at radius 1 is 1.29 bits per heavy atom. The highest BCUT2D eigenvalue weighted by molar-refractivity contribution is 7.09. The predicted octanol–water partition coefficient (Wildman–Crippen LogP) is 4.42. The number of ether oxygens (including phenoxy) is 2. The van der Waals surface area contributed by atoms with Crippen molar-refractivity contribution in [2.45, 2.75) is 39.2 Å². The van der Waals surface area contributed by atoms with Gasteiger partial charge in [-0.2, -0.15) is 0 Å². The number of benzene rings is 1. The van der Waals surface area contributed by atoms with Crippen LogP contribution in [0.5, 0.6) is 11.5 Å². The lowest BCUT2D eigenvalue weighted by molar-refractivity contribution is 0.285. The molecule has 112 valence electrons. The molecule has 4 heteroatoms. The Balaban J connectivity index is 1.87. The summed E-state index contributed by atoms with van der Waals surface area (Å²) in [5.41, 5.74) is 4.64. The van der Waals surface area contributed by atoms with E-state index >= 15 is 0 Å². The van der Waals surface area contributed by atoms with Crippen molar-refractivity contribution in [3.05, 3.63) is 39.8 Å². The standard InChI is InChI=1S/C17H21NO2S/c1-11-4-5-13-6-17(20-9-14-8-18-10-21-14)16(19-3)7-15(13)12(11)2/h6-8,10-12H,4-5,9H2,1-3H3. The van der Waals surface area contributed by atoms with Gasteiger partial charge in [-0.05, 0) is 47.9 Å². The molecule has 1 aromatic carbocycles. The maximum absolute atomic E-state index is 5.95. The van der Waals surface area contributed by atoms with Gasteiger partial charge in [0.2, 0.25) is 0 Å². The number of hydrogen-bond donors (Lipinski definition) is 0. The van der Waals surface area contributed by atoms with Crippen molar-refractivity contribution in [3.8, 4) is 11.5 Å². The molecular weight excluding hydrogens is 282 g/mol. The molecule has 1 heterocycles. The summed E-state index contributed by atoms with van der Waals surface area (Å²) in [5.74, 6) is 2.98. The molecule has 21 heavy (non-hydrogen) atoms. The van der Waals surface area contributed by atoms with E-state index in [4.69, 9.17) is 9.47 Å². The third kappa shape index (κ3) is 2.91. The molecular formula is C17H21NO2S. The van der Waals surface area contributed by atoms with Gasteiger partial charge in [-0.15, -0.1) is 11.3 Å². The fourth-order valence-electron chi connectivity index (χ4n) is 2.93. The monoisotopic (exact) mass is 303 g/mol. The first kappa shape index (κ1) is 14.4. The van der Waals surface area contributed by atoms with Crippen LogP contribution in [-0.4, -0.2) is 12.1 Å². The summed E-state index contributed by atoms with van der Waals surface area (Å²) in [7, 11) is 1.71. The van der Waals surface area contributed by atoms with Crippen LogP contribution in [0.3, 0.4) is 0 Å². The normalized spacial score (nSPS) is 20.9. The number of nitrogens with zero attached hydrogens (tertiary/aromatic N) is 1. The van der Waals surface area contributed by atoms with Crippen molar-refractivity contribution in [1.82, 2.24) is 4.98 Å². The van der Waals surface area contributed by atoms with Gasteiger partial charge >= 0.3 is 0 Å². The summed E-state index contributed by atoms with van der Waals surface area (Å²) in [4.78, 5) is 5.19. The second-order valence-corrected chi connectivity index (χ2v) is 6.73. The molecule has 0 bridgehead atoms. The number of fused-ring (bicyclic) bond motifs is 1. The maximum atomic E-state index is 5.95. The highest BCUT2D eigenvalue weighted by Crippen LogP contribution is 2.41. The highest BCUT2D eigenvalue weighted by Gasteiger charge is 2.25. The number of thiazole rings is 1. The molecule has 3 rings (SSSR count). The Hall–Kier alpha value is -1.55. The summed E-state index contributed by atoms with van der Waals surface area (Å²) < 4.78 is 11.5. The van der Waals surface area contributed by atoms with Crippen molar-refractivity contribution in [2.75, 3.05) is 7.11 Å². The zero-order valence-corrected chi connectivity index (χ0v) is 13.6. The van der Waals surface area contributed by atoms with Crippen LogP contribution in [0.4, 0.5) is 0 Å². The van der Waals surface area contributed by atoms with Gasteiger partial charge in [-0.1, -0.05) is 13.8 Å². The number of rotatable bonds is 4. The van der Waals surface area contributed by atoms with E-state index in [-0.39, 0.29) is 0 Å². The van der Waals surface area contributed by atoms with Crippen molar-refractivity contribution < 1.29 is 9.47 Å². The lowest BCUT2D eigenvalue weighted by Gasteiger charge is -2.29. The minimum atomic E-state index is 0.547. The van der Waals surface area contributed by atoms with Crippen LogP contribution in [-0.2, 0) is 13.0 Å². The van der Waals surface area contributed by atoms with E-state index in [0.717, 1.165) is 28.7 Å². The summed E-state index contributed by atoms with van der Waals surface area (Å²) in [5, 5.41) is 0. The Kier molecular flexibility index (Phi) is 4.15. The largest absolute Gasteiger partial charge is 0.493 e. The van der Waals surface area contributed by atoms with Gasteiger partial charge in [0.15, 0.2) is 11.5 Å². The summed E-state index contributed by atoms with van der Waals surface area (Å²) in [6, 6.07) is 4.33. The molecule has 2 aromatic rings. The molecule has 0 aliphatic heterocycles. The molecule has 2 unspecified atom stereocenters. The molecule has 2 atom stereocenters. The second kappa shape index (κ2) is 6.06. The molecule has 1 aromatic heterocycles. The summed E-state index contributed by atoms with van der Waals surface area (Å²) in [6.07, 6.45) is 4.22. The minimum absolute atomic E-state index is 0.547. The Bertz CT molecular complexity index is 610. The topological polar surface area (TPSA) is 31.4 Å². The van der Waals surface area contributed by atoms with Crippen LogP contribution in [0, 0.1) is 5.92 Å². The van der Waals surface area contributed by atoms with E-state index in [9.17, 15) is 0 Å². The quantitative estimate of drug-likeness (QED) is 0.838. The van der Waals surface area contributed by atoms with Crippen LogP contribution in [0.1, 0.15) is 42.2 Å². The molecule has 0 spiro atoms. The zero-order chi connectivity index (χ0) is 14.8. The van der Waals surface area contributed by atoms with E-state index < -0.39 is 0 Å². The van der Waals surface area contributed by atoms with E-state index in [1.54, 1.807) is 18.4 Å². The first-order valence-corrected chi connectivity index (χ1v) is 8.28. The fraction of sp³-hybridized carbons (Fsp3) is 0.471.